The molecule has 0 amide bonds. The molecule has 0 saturated heterocycles. The Morgan fingerprint density at radius 2 is 2.00 bits per heavy atom. The lowest BCUT2D eigenvalue weighted by atomic mass is 10.1. The molecule has 0 heterocycles. The summed E-state index contributed by atoms with van der Waals surface area (Å²) < 4.78 is 0. The van der Waals surface area contributed by atoms with Crippen molar-refractivity contribution in [2.24, 2.45) is 0 Å². The highest BCUT2D eigenvalue weighted by Crippen LogP contribution is 2.12. The Morgan fingerprint density at radius 3 is 2.54 bits per heavy atom. The van der Waals surface area contributed by atoms with Gasteiger partial charge in [0.25, 0.3) is 0 Å². The van der Waals surface area contributed by atoms with E-state index in [9.17, 15) is 0 Å². The van der Waals surface area contributed by atoms with Crippen molar-refractivity contribution < 1.29 is 0 Å². The van der Waals surface area contributed by atoms with Crippen LogP contribution in [0.1, 0.15) is 31.9 Å². The molecule has 1 atom stereocenters. The number of benzene rings is 1. The zero-order valence-electron chi connectivity index (χ0n) is 8.38. The Labute approximate surface area is 80.5 Å². The zero-order chi connectivity index (χ0) is 9.68. The summed E-state index contributed by atoms with van der Waals surface area (Å²) in [4.78, 5) is 0. The lowest BCUT2D eigenvalue weighted by molar-refractivity contribution is 0.638. The predicted molar refractivity (Wildman–Crippen MR) is 57.4 cm³/mol. The fraction of sp³-hybridized carbons (Fsp3) is 0.333. The van der Waals surface area contributed by atoms with E-state index in [2.05, 4.69) is 50.0 Å². The van der Waals surface area contributed by atoms with Crippen LogP contribution in [0.5, 0.6) is 0 Å². The van der Waals surface area contributed by atoms with E-state index in [1.807, 2.05) is 6.07 Å². The van der Waals surface area contributed by atoms with Crippen LogP contribution in [0.25, 0.3) is 0 Å². The molecule has 1 N–H and O–H groups in total. The molecule has 70 valence electrons. The largest absolute Gasteiger partial charge is 0.382 e. The molecule has 1 aromatic carbocycles. The normalized spacial score (nSPS) is 12.2. The van der Waals surface area contributed by atoms with E-state index in [1.165, 1.54) is 5.56 Å². The molecular weight excluding hydrogens is 158 g/mol. The van der Waals surface area contributed by atoms with Crippen LogP contribution in [0.2, 0.25) is 0 Å². The van der Waals surface area contributed by atoms with Crippen LogP contribution in [-0.2, 0) is 0 Å². The van der Waals surface area contributed by atoms with Crippen molar-refractivity contribution in [3.05, 3.63) is 48.2 Å². The molecule has 1 rings (SSSR count). The van der Waals surface area contributed by atoms with Crippen LogP contribution in [0.4, 0.5) is 0 Å². The minimum Gasteiger partial charge on any atom is -0.382 e. The van der Waals surface area contributed by atoms with Gasteiger partial charge in [-0.2, -0.15) is 0 Å². The van der Waals surface area contributed by atoms with E-state index in [4.69, 9.17) is 0 Å². The maximum absolute atomic E-state index is 3.93. The molecule has 0 unspecified atom stereocenters. The second kappa shape index (κ2) is 4.70. The molecular formula is C12H17N. The number of hydrogen-bond donors (Lipinski definition) is 1. The molecule has 0 aliphatic carbocycles. The van der Waals surface area contributed by atoms with Gasteiger partial charge >= 0.3 is 0 Å². The molecule has 1 nitrogen and oxygen atoms in total. The van der Waals surface area contributed by atoms with Gasteiger partial charge < -0.3 is 5.32 Å². The molecule has 13 heavy (non-hydrogen) atoms. The first-order chi connectivity index (χ1) is 6.24. The van der Waals surface area contributed by atoms with Gasteiger partial charge in [0.15, 0.2) is 0 Å². The summed E-state index contributed by atoms with van der Waals surface area (Å²) in [5.74, 6) is 0. The summed E-state index contributed by atoms with van der Waals surface area (Å²) in [6.07, 6.45) is 0.983. The van der Waals surface area contributed by atoms with E-state index in [0.717, 1.165) is 12.1 Å². The number of rotatable bonds is 4. The number of nitrogens with one attached hydrogen (secondary N) is 1. The monoisotopic (exact) mass is 175 g/mol. The van der Waals surface area contributed by atoms with E-state index >= 15 is 0 Å². The van der Waals surface area contributed by atoms with Crippen LogP contribution < -0.4 is 5.32 Å². The molecule has 0 aromatic heterocycles. The van der Waals surface area contributed by atoms with Crippen molar-refractivity contribution in [2.75, 3.05) is 0 Å². The lowest BCUT2D eigenvalue weighted by Crippen LogP contribution is -2.16. The smallest absolute Gasteiger partial charge is 0.0482 e. The van der Waals surface area contributed by atoms with Gasteiger partial charge in [0.2, 0.25) is 0 Å². The van der Waals surface area contributed by atoms with Gasteiger partial charge in [-0.25, -0.2) is 0 Å². The van der Waals surface area contributed by atoms with Gasteiger partial charge in [-0.1, -0.05) is 43.8 Å². The molecule has 0 aliphatic rings. The third-order valence-electron chi connectivity index (χ3n) is 2.15. The maximum Gasteiger partial charge on any atom is 0.0482 e. The summed E-state index contributed by atoms with van der Waals surface area (Å²) in [6.45, 7) is 8.18. The first-order valence-corrected chi connectivity index (χ1v) is 4.73. The summed E-state index contributed by atoms with van der Waals surface area (Å²) in [6, 6.07) is 10.8. The van der Waals surface area contributed by atoms with Crippen LogP contribution in [0.15, 0.2) is 42.6 Å². The summed E-state index contributed by atoms with van der Waals surface area (Å²) in [5.41, 5.74) is 2.40. The molecule has 0 aliphatic heterocycles. The van der Waals surface area contributed by atoms with Gasteiger partial charge in [0, 0.05) is 11.7 Å². The quantitative estimate of drug-likeness (QED) is 0.740. The van der Waals surface area contributed by atoms with Crippen molar-refractivity contribution in [2.45, 2.75) is 26.3 Å². The second-order valence-electron chi connectivity index (χ2n) is 3.23. The Balaban J connectivity index is 2.59. The van der Waals surface area contributed by atoms with E-state index in [0.29, 0.717) is 6.04 Å². The second-order valence-corrected chi connectivity index (χ2v) is 3.23. The lowest BCUT2D eigenvalue weighted by Gasteiger charge is -2.16. The van der Waals surface area contributed by atoms with Crippen molar-refractivity contribution in [1.29, 1.82) is 0 Å². The van der Waals surface area contributed by atoms with Crippen LogP contribution in [0, 0.1) is 0 Å². The highest BCUT2D eigenvalue weighted by atomic mass is 14.9. The Kier molecular flexibility index (Phi) is 3.56. The minimum atomic E-state index is 0.355. The van der Waals surface area contributed by atoms with Gasteiger partial charge in [-0.15, -0.1) is 0 Å². The Morgan fingerprint density at radius 1 is 1.38 bits per heavy atom. The highest BCUT2D eigenvalue weighted by molar-refractivity contribution is 5.19. The van der Waals surface area contributed by atoms with Gasteiger partial charge in [-0.05, 0) is 18.9 Å². The van der Waals surface area contributed by atoms with Crippen LogP contribution in [-0.4, -0.2) is 0 Å². The standard InChI is InChI=1S/C12H17N/c1-4-10(2)13-11(3)12-8-6-5-7-9-12/h5-9,11,13H,2,4H2,1,3H3/t11-/m1/s1. The average Bonchev–Trinajstić information content (AvgIpc) is 2.19. The summed E-state index contributed by atoms with van der Waals surface area (Å²) in [7, 11) is 0. The van der Waals surface area contributed by atoms with Crippen molar-refractivity contribution in [3.63, 3.8) is 0 Å². The Hall–Kier alpha value is -1.24. The number of allylic oxidation sites excluding steroid dienone is 1. The van der Waals surface area contributed by atoms with Gasteiger partial charge in [0.05, 0.1) is 0 Å². The predicted octanol–water partition coefficient (Wildman–Crippen LogP) is 3.26. The Bertz CT molecular complexity index is 264. The highest BCUT2D eigenvalue weighted by Gasteiger charge is 2.02. The van der Waals surface area contributed by atoms with E-state index in [1.54, 1.807) is 0 Å². The van der Waals surface area contributed by atoms with Gasteiger partial charge in [-0.3, -0.25) is 0 Å². The molecule has 0 spiro atoms. The average molecular weight is 175 g/mol. The van der Waals surface area contributed by atoms with E-state index in [-0.39, 0.29) is 0 Å². The van der Waals surface area contributed by atoms with Crippen molar-refractivity contribution >= 4 is 0 Å². The molecule has 0 saturated carbocycles. The molecule has 1 aromatic rings. The fourth-order valence-electron chi connectivity index (χ4n) is 1.23. The third kappa shape index (κ3) is 2.94. The molecule has 1 heteroatoms. The molecule has 0 bridgehead atoms. The number of hydrogen-bond acceptors (Lipinski definition) is 1. The van der Waals surface area contributed by atoms with E-state index < -0.39 is 0 Å². The maximum atomic E-state index is 3.93. The fourth-order valence-corrected chi connectivity index (χ4v) is 1.23. The molecule has 0 radical (unpaired) electrons. The van der Waals surface area contributed by atoms with Gasteiger partial charge in [0.1, 0.15) is 0 Å². The summed E-state index contributed by atoms with van der Waals surface area (Å²) in [5, 5.41) is 3.35. The zero-order valence-corrected chi connectivity index (χ0v) is 8.38. The minimum absolute atomic E-state index is 0.355. The van der Waals surface area contributed by atoms with Crippen LogP contribution >= 0.6 is 0 Å². The van der Waals surface area contributed by atoms with Crippen LogP contribution in [0.3, 0.4) is 0 Å². The summed E-state index contributed by atoms with van der Waals surface area (Å²) >= 11 is 0. The molecule has 0 fully saturated rings. The first-order valence-electron chi connectivity index (χ1n) is 4.73. The SMILES string of the molecule is C=C(CC)N[C@H](C)c1ccccc1. The van der Waals surface area contributed by atoms with Crippen molar-refractivity contribution in [1.82, 2.24) is 5.32 Å². The van der Waals surface area contributed by atoms with Crippen molar-refractivity contribution in [3.8, 4) is 0 Å². The first kappa shape index (κ1) is 9.85. The topological polar surface area (TPSA) is 12.0 Å². The third-order valence-corrected chi connectivity index (χ3v) is 2.15.